The van der Waals surface area contributed by atoms with Crippen molar-refractivity contribution in [1.29, 1.82) is 0 Å². The second-order valence-electron chi connectivity index (χ2n) is 4.88. The molecule has 0 fully saturated rings. The monoisotopic (exact) mass is 256 g/mol. The molecule has 1 rings (SSSR count). The minimum absolute atomic E-state index is 0.0267. The Kier molecular flexibility index (Phi) is 5.08. The molecule has 1 heterocycles. The minimum Gasteiger partial charge on any atom is -0.444 e. The van der Waals surface area contributed by atoms with E-state index in [1.54, 1.807) is 10.9 Å². The predicted octanol–water partition coefficient (Wildman–Crippen LogP) is 0.338. The van der Waals surface area contributed by atoms with Crippen LogP contribution in [0.4, 0.5) is 4.79 Å². The number of aliphatic hydroxyl groups excluding tert-OH is 1. The van der Waals surface area contributed by atoms with Crippen LogP contribution in [0.2, 0.25) is 0 Å². The molecule has 0 atom stereocenters. The number of nitrogens with zero attached hydrogens (tertiary/aromatic N) is 3. The van der Waals surface area contributed by atoms with Gasteiger partial charge in [-0.25, -0.2) is 9.48 Å². The van der Waals surface area contributed by atoms with E-state index in [9.17, 15) is 4.79 Å². The Bertz CT molecular complexity index is 384. The number of ether oxygens (including phenoxy) is 1. The van der Waals surface area contributed by atoms with E-state index in [0.717, 1.165) is 5.69 Å². The predicted molar refractivity (Wildman–Crippen MR) is 65.0 cm³/mol. The standard InChI is InChI=1S/C11H20N4O3/c1-11(2,3)18-10(17)12-5-4-9-8-15(6-7-16)14-13-9/h8,16H,4-7H2,1-3H3,(H,12,17). The van der Waals surface area contributed by atoms with E-state index in [2.05, 4.69) is 15.6 Å². The molecule has 1 aromatic heterocycles. The van der Waals surface area contributed by atoms with E-state index >= 15 is 0 Å². The maximum Gasteiger partial charge on any atom is 0.407 e. The lowest BCUT2D eigenvalue weighted by molar-refractivity contribution is 0.0528. The van der Waals surface area contributed by atoms with Crippen LogP contribution in [-0.2, 0) is 17.7 Å². The highest BCUT2D eigenvalue weighted by Gasteiger charge is 2.15. The van der Waals surface area contributed by atoms with Crippen molar-refractivity contribution in [2.24, 2.45) is 0 Å². The van der Waals surface area contributed by atoms with Crippen LogP contribution in [0.3, 0.4) is 0 Å². The SMILES string of the molecule is CC(C)(C)OC(=O)NCCc1cn(CCO)nn1. The third kappa shape index (κ3) is 5.62. The number of aliphatic hydroxyl groups is 1. The van der Waals surface area contributed by atoms with Gasteiger partial charge >= 0.3 is 6.09 Å². The van der Waals surface area contributed by atoms with Gasteiger partial charge in [-0.2, -0.15) is 0 Å². The minimum atomic E-state index is -0.492. The lowest BCUT2D eigenvalue weighted by Gasteiger charge is -2.19. The first kappa shape index (κ1) is 14.4. The zero-order valence-corrected chi connectivity index (χ0v) is 11.0. The quantitative estimate of drug-likeness (QED) is 0.793. The largest absolute Gasteiger partial charge is 0.444 e. The highest BCUT2D eigenvalue weighted by atomic mass is 16.6. The Balaban J connectivity index is 2.26. The van der Waals surface area contributed by atoms with E-state index in [1.807, 2.05) is 20.8 Å². The summed E-state index contributed by atoms with van der Waals surface area (Å²) in [5.41, 5.74) is 0.272. The summed E-state index contributed by atoms with van der Waals surface area (Å²) in [7, 11) is 0. The average Bonchev–Trinajstić information content (AvgIpc) is 2.63. The number of hydrogen-bond acceptors (Lipinski definition) is 5. The van der Waals surface area contributed by atoms with Gasteiger partial charge in [0.25, 0.3) is 0 Å². The number of aromatic nitrogens is 3. The van der Waals surface area contributed by atoms with Gasteiger partial charge in [-0.3, -0.25) is 0 Å². The fraction of sp³-hybridized carbons (Fsp3) is 0.727. The third-order valence-corrected chi connectivity index (χ3v) is 1.96. The molecule has 0 unspecified atom stereocenters. The third-order valence-electron chi connectivity index (χ3n) is 1.96. The highest BCUT2D eigenvalue weighted by Crippen LogP contribution is 2.06. The van der Waals surface area contributed by atoms with Crippen LogP contribution in [0.1, 0.15) is 26.5 Å². The van der Waals surface area contributed by atoms with Gasteiger partial charge in [-0.15, -0.1) is 5.10 Å². The van der Waals surface area contributed by atoms with Crippen molar-refractivity contribution in [3.8, 4) is 0 Å². The number of rotatable bonds is 5. The van der Waals surface area contributed by atoms with Crippen molar-refractivity contribution in [3.05, 3.63) is 11.9 Å². The van der Waals surface area contributed by atoms with E-state index < -0.39 is 11.7 Å². The van der Waals surface area contributed by atoms with Crippen LogP contribution in [0.5, 0.6) is 0 Å². The lowest BCUT2D eigenvalue weighted by Crippen LogP contribution is -2.33. The molecule has 0 aromatic carbocycles. The van der Waals surface area contributed by atoms with Crippen molar-refractivity contribution in [3.63, 3.8) is 0 Å². The molecule has 1 amide bonds. The number of hydrogen-bond donors (Lipinski definition) is 2. The van der Waals surface area contributed by atoms with Crippen LogP contribution >= 0.6 is 0 Å². The van der Waals surface area contributed by atoms with Gasteiger partial charge in [-0.05, 0) is 20.8 Å². The first-order valence-corrected chi connectivity index (χ1v) is 5.87. The van der Waals surface area contributed by atoms with E-state index in [-0.39, 0.29) is 6.61 Å². The van der Waals surface area contributed by atoms with Gasteiger partial charge < -0.3 is 15.2 Å². The van der Waals surface area contributed by atoms with Gasteiger partial charge in [0.15, 0.2) is 0 Å². The van der Waals surface area contributed by atoms with Crippen molar-refractivity contribution < 1.29 is 14.6 Å². The first-order valence-electron chi connectivity index (χ1n) is 5.87. The average molecular weight is 256 g/mol. The van der Waals surface area contributed by atoms with Gasteiger partial charge in [0.05, 0.1) is 18.8 Å². The maximum absolute atomic E-state index is 11.3. The molecule has 0 aliphatic rings. The van der Waals surface area contributed by atoms with Crippen LogP contribution in [0.15, 0.2) is 6.20 Å². The molecular formula is C11H20N4O3. The van der Waals surface area contributed by atoms with Gasteiger partial charge in [0.1, 0.15) is 5.60 Å². The summed E-state index contributed by atoms with van der Waals surface area (Å²) in [6.07, 6.45) is 1.88. The summed E-state index contributed by atoms with van der Waals surface area (Å²) in [5.74, 6) is 0. The zero-order valence-electron chi connectivity index (χ0n) is 11.0. The van der Waals surface area contributed by atoms with Crippen LogP contribution < -0.4 is 5.32 Å². The summed E-state index contributed by atoms with van der Waals surface area (Å²) < 4.78 is 6.65. The maximum atomic E-state index is 11.3. The molecule has 0 spiro atoms. The molecule has 1 aromatic rings. The second-order valence-corrected chi connectivity index (χ2v) is 4.88. The molecule has 0 radical (unpaired) electrons. The van der Waals surface area contributed by atoms with Gasteiger partial charge in [0.2, 0.25) is 0 Å². The van der Waals surface area contributed by atoms with Crippen molar-refractivity contribution in [2.45, 2.75) is 39.3 Å². The van der Waals surface area contributed by atoms with E-state index in [4.69, 9.17) is 9.84 Å². The molecule has 18 heavy (non-hydrogen) atoms. The Morgan fingerprint density at radius 3 is 2.89 bits per heavy atom. The van der Waals surface area contributed by atoms with E-state index in [0.29, 0.717) is 19.5 Å². The Morgan fingerprint density at radius 2 is 2.28 bits per heavy atom. The van der Waals surface area contributed by atoms with Crippen molar-refractivity contribution in [1.82, 2.24) is 20.3 Å². The molecule has 0 saturated heterocycles. The molecule has 7 nitrogen and oxygen atoms in total. The van der Waals surface area contributed by atoms with Gasteiger partial charge in [0, 0.05) is 19.2 Å². The summed E-state index contributed by atoms with van der Waals surface area (Å²) in [5, 5.41) is 19.1. The van der Waals surface area contributed by atoms with Gasteiger partial charge in [-0.1, -0.05) is 5.21 Å². The Morgan fingerprint density at radius 1 is 1.56 bits per heavy atom. The molecule has 0 aliphatic heterocycles. The zero-order chi connectivity index (χ0) is 13.6. The summed E-state index contributed by atoms with van der Waals surface area (Å²) in [6, 6.07) is 0. The fourth-order valence-corrected chi connectivity index (χ4v) is 1.27. The smallest absolute Gasteiger partial charge is 0.407 e. The highest BCUT2D eigenvalue weighted by molar-refractivity contribution is 5.67. The Hall–Kier alpha value is -1.63. The number of alkyl carbamates (subject to hydrolysis) is 1. The summed E-state index contributed by atoms with van der Waals surface area (Å²) in [6.45, 7) is 6.32. The molecule has 102 valence electrons. The van der Waals surface area contributed by atoms with Crippen LogP contribution in [0.25, 0.3) is 0 Å². The van der Waals surface area contributed by atoms with Crippen LogP contribution in [-0.4, -0.2) is 44.9 Å². The number of amides is 1. The molecule has 2 N–H and O–H groups in total. The normalized spacial score (nSPS) is 11.3. The molecule has 0 bridgehead atoms. The van der Waals surface area contributed by atoms with Crippen molar-refractivity contribution in [2.75, 3.05) is 13.2 Å². The first-order chi connectivity index (χ1) is 8.40. The number of carbonyl (C=O) groups excluding carboxylic acids is 1. The number of nitrogens with one attached hydrogen (secondary N) is 1. The fourth-order valence-electron chi connectivity index (χ4n) is 1.27. The summed E-state index contributed by atoms with van der Waals surface area (Å²) >= 11 is 0. The van der Waals surface area contributed by atoms with E-state index in [1.165, 1.54) is 0 Å². The Labute approximate surface area is 106 Å². The van der Waals surface area contributed by atoms with Crippen molar-refractivity contribution >= 4 is 6.09 Å². The topological polar surface area (TPSA) is 89.3 Å². The molecular weight excluding hydrogens is 236 g/mol. The second kappa shape index (κ2) is 6.34. The molecule has 7 heteroatoms. The van der Waals surface area contributed by atoms with Crippen LogP contribution in [0, 0.1) is 0 Å². The molecule has 0 saturated carbocycles. The molecule has 0 aliphatic carbocycles. The summed E-state index contributed by atoms with van der Waals surface area (Å²) in [4.78, 5) is 11.3. The lowest BCUT2D eigenvalue weighted by atomic mass is 10.2. The number of carbonyl (C=O) groups is 1.